The van der Waals surface area contributed by atoms with E-state index in [1.54, 1.807) is 0 Å². The summed E-state index contributed by atoms with van der Waals surface area (Å²) >= 11 is 0. The van der Waals surface area contributed by atoms with Gasteiger partial charge in [0.1, 0.15) is 0 Å². The zero-order valence-corrected chi connectivity index (χ0v) is 38.1. The van der Waals surface area contributed by atoms with E-state index in [-0.39, 0.29) is 0 Å². The SMILES string of the molecule is c1ccc(-c2ccc(N(c3ccccc3)c3ccc(-c4cccc(-c5ccc(-n6c7ccccc7c7ccc8c9ccc%10c%11ccccc%11n(-c%11ccccc%11)c%10c9oc8c76)cc5)c4)cc3)cc2)cc1. The van der Waals surface area contributed by atoms with E-state index in [4.69, 9.17) is 4.42 Å². The first-order valence-electron chi connectivity index (χ1n) is 23.9. The lowest BCUT2D eigenvalue weighted by Crippen LogP contribution is -2.09. The van der Waals surface area contributed by atoms with Gasteiger partial charge in [-0.2, -0.15) is 0 Å². The molecule has 0 spiro atoms. The van der Waals surface area contributed by atoms with Crippen molar-refractivity contribution in [3.05, 3.63) is 261 Å². The van der Waals surface area contributed by atoms with Crippen molar-refractivity contribution in [1.82, 2.24) is 9.13 Å². The normalized spacial score (nSPS) is 11.7. The van der Waals surface area contributed by atoms with Gasteiger partial charge in [-0.15, -0.1) is 0 Å². The summed E-state index contributed by atoms with van der Waals surface area (Å²) in [6.45, 7) is 0. The smallest absolute Gasteiger partial charge is 0.160 e. The number of furan rings is 1. The Balaban J connectivity index is 0.833. The number of hydrogen-bond donors (Lipinski definition) is 0. The largest absolute Gasteiger partial charge is 0.452 e. The van der Waals surface area contributed by atoms with Gasteiger partial charge in [0.2, 0.25) is 0 Å². The minimum atomic E-state index is 0.886. The third-order valence-corrected chi connectivity index (χ3v) is 14.1. The minimum Gasteiger partial charge on any atom is -0.452 e. The van der Waals surface area contributed by atoms with E-state index in [2.05, 4.69) is 275 Å². The lowest BCUT2D eigenvalue weighted by atomic mass is 9.98. The molecule has 14 rings (SSSR count). The van der Waals surface area contributed by atoms with Gasteiger partial charge in [0.25, 0.3) is 0 Å². The van der Waals surface area contributed by atoms with Crippen LogP contribution in [0.25, 0.3) is 110 Å². The molecule has 0 atom stereocenters. The summed E-state index contributed by atoms with van der Waals surface area (Å²) in [5, 5.41) is 6.95. The van der Waals surface area contributed by atoms with E-state index in [1.807, 2.05) is 0 Å². The van der Waals surface area contributed by atoms with Crippen LogP contribution in [-0.2, 0) is 0 Å². The molecule has 0 saturated heterocycles. The first-order valence-corrected chi connectivity index (χ1v) is 23.9. The maximum Gasteiger partial charge on any atom is 0.160 e. The highest BCUT2D eigenvalue weighted by atomic mass is 16.3. The highest BCUT2D eigenvalue weighted by Crippen LogP contribution is 2.45. The second-order valence-corrected chi connectivity index (χ2v) is 18.1. The van der Waals surface area contributed by atoms with Crippen molar-refractivity contribution in [2.75, 3.05) is 4.90 Å². The van der Waals surface area contributed by atoms with Crippen LogP contribution in [-0.4, -0.2) is 9.13 Å². The number of anilines is 3. The van der Waals surface area contributed by atoms with Gasteiger partial charge in [-0.05, 0) is 124 Å². The molecule has 0 amide bonds. The van der Waals surface area contributed by atoms with E-state index < -0.39 is 0 Å². The molecule has 3 heterocycles. The molecule has 3 aromatic heterocycles. The van der Waals surface area contributed by atoms with Crippen LogP contribution in [0.5, 0.6) is 0 Å². The molecular weight excluding hydrogens is 851 g/mol. The van der Waals surface area contributed by atoms with Crippen molar-refractivity contribution >= 4 is 82.6 Å². The zero-order chi connectivity index (χ0) is 46.1. The first kappa shape index (κ1) is 39.8. The molecule has 11 aromatic carbocycles. The van der Waals surface area contributed by atoms with Crippen LogP contribution in [0, 0.1) is 0 Å². The molecule has 328 valence electrons. The monoisotopic (exact) mass is 893 g/mol. The van der Waals surface area contributed by atoms with Crippen LogP contribution >= 0.6 is 0 Å². The predicted molar refractivity (Wildman–Crippen MR) is 293 cm³/mol. The van der Waals surface area contributed by atoms with Crippen LogP contribution in [0.2, 0.25) is 0 Å². The van der Waals surface area contributed by atoms with E-state index in [0.717, 1.165) is 94.5 Å². The summed E-state index contributed by atoms with van der Waals surface area (Å²) < 4.78 is 12.0. The Kier molecular flexibility index (Phi) is 9.17. The standard InChI is InChI=1S/C66H43N3O/c1-4-15-44(16-5-1)45-27-33-52(34-28-45)67(50-19-6-2-7-20-50)53-35-29-46(30-36-53)48-17-14-18-49(43-48)47-31-37-54(38-32-47)69-62-26-13-11-24-56(62)58-40-42-60-59-41-39-57-55-23-10-12-25-61(55)68(51-21-8-3-9-22-51)63(57)65(59)70-66(60)64(58)69/h1-43H. The van der Waals surface area contributed by atoms with Gasteiger partial charge < -0.3 is 18.5 Å². The Morgan fingerprint density at radius 1 is 0.257 bits per heavy atom. The first-order chi connectivity index (χ1) is 34.7. The van der Waals surface area contributed by atoms with Crippen LogP contribution in [0.1, 0.15) is 0 Å². The Labute approximate surface area is 404 Å². The Morgan fingerprint density at radius 3 is 1.16 bits per heavy atom. The Morgan fingerprint density at radius 2 is 0.629 bits per heavy atom. The predicted octanol–water partition coefficient (Wildman–Crippen LogP) is 18.3. The number of fused-ring (bicyclic) bond motifs is 11. The molecule has 0 bridgehead atoms. The third-order valence-electron chi connectivity index (χ3n) is 14.1. The van der Waals surface area contributed by atoms with Gasteiger partial charge in [-0.3, -0.25) is 0 Å². The number of benzene rings is 11. The number of para-hydroxylation sites is 4. The van der Waals surface area contributed by atoms with Crippen molar-refractivity contribution in [1.29, 1.82) is 0 Å². The van der Waals surface area contributed by atoms with Crippen LogP contribution in [0.4, 0.5) is 17.1 Å². The molecule has 14 aromatic rings. The topological polar surface area (TPSA) is 26.2 Å². The summed E-state index contributed by atoms with van der Waals surface area (Å²) in [7, 11) is 0. The summed E-state index contributed by atoms with van der Waals surface area (Å²) in [4.78, 5) is 2.32. The summed E-state index contributed by atoms with van der Waals surface area (Å²) in [6.07, 6.45) is 0. The summed E-state index contributed by atoms with van der Waals surface area (Å²) in [6, 6.07) is 93.8. The van der Waals surface area contributed by atoms with Crippen molar-refractivity contribution in [2.24, 2.45) is 0 Å². The van der Waals surface area contributed by atoms with Crippen molar-refractivity contribution in [3.63, 3.8) is 0 Å². The molecule has 0 radical (unpaired) electrons. The van der Waals surface area contributed by atoms with Gasteiger partial charge in [0, 0.05) is 60.8 Å². The fourth-order valence-electron chi connectivity index (χ4n) is 10.8. The molecule has 0 aliphatic heterocycles. The van der Waals surface area contributed by atoms with Gasteiger partial charge >= 0.3 is 0 Å². The second-order valence-electron chi connectivity index (χ2n) is 18.1. The molecule has 4 heteroatoms. The van der Waals surface area contributed by atoms with E-state index in [0.29, 0.717) is 0 Å². The van der Waals surface area contributed by atoms with Gasteiger partial charge in [0.05, 0.1) is 22.1 Å². The highest BCUT2D eigenvalue weighted by molar-refractivity contribution is 6.26. The molecule has 0 aliphatic carbocycles. The number of nitrogens with zero attached hydrogens (tertiary/aromatic N) is 3. The number of rotatable bonds is 8. The van der Waals surface area contributed by atoms with Crippen LogP contribution < -0.4 is 4.90 Å². The molecule has 0 aliphatic rings. The molecule has 70 heavy (non-hydrogen) atoms. The maximum absolute atomic E-state index is 7.25. The fraction of sp³-hybridized carbons (Fsp3) is 0. The Hall–Kier alpha value is -9.38. The van der Waals surface area contributed by atoms with E-state index in [1.165, 1.54) is 32.8 Å². The minimum absolute atomic E-state index is 0.886. The molecule has 0 N–H and O–H groups in total. The average molecular weight is 894 g/mol. The lowest BCUT2D eigenvalue weighted by molar-refractivity contribution is 0.673. The molecule has 0 unspecified atom stereocenters. The Bertz CT molecular complexity index is 4240. The zero-order valence-electron chi connectivity index (χ0n) is 38.1. The molecular formula is C66H43N3O. The van der Waals surface area contributed by atoms with E-state index >= 15 is 0 Å². The molecule has 4 nitrogen and oxygen atoms in total. The van der Waals surface area contributed by atoms with Gasteiger partial charge in [-0.25, -0.2) is 0 Å². The van der Waals surface area contributed by atoms with Gasteiger partial charge in [0.15, 0.2) is 11.2 Å². The van der Waals surface area contributed by atoms with Crippen LogP contribution in [0.15, 0.2) is 265 Å². The average Bonchev–Trinajstić information content (AvgIpc) is 4.11. The fourth-order valence-corrected chi connectivity index (χ4v) is 10.8. The van der Waals surface area contributed by atoms with Crippen molar-refractivity contribution < 1.29 is 4.42 Å². The van der Waals surface area contributed by atoms with Crippen LogP contribution in [0.3, 0.4) is 0 Å². The summed E-state index contributed by atoms with van der Waals surface area (Å²) in [5.74, 6) is 0. The highest BCUT2D eigenvalue weighted by Gasteiger charge is 2.23. The summed E-state index contributed by atoms with van der Waals surface area (Å²) in [5.41, 5.74) is 18.8. The van der Waals surface area contributed by atoms with E-state index in [9.17, 15) is 0 Å². The number of aromatic nitrogens is 2. The quantitative estimate of drug-likeness (QED) is 0.152. The van der Waals surface area contributed by atoms with Crippen molar-refractivity contribution in [3.8, 4) is 44.8 Å². The maximum atomic E-state index is 7.25. The molecule has 0 fully saturated rings. The second kappa shape index (κ2) is 16.2. The van der Waals surface area contributed by atoms with Crippen molar-refractivity contribution in [2.45, 2.75) is 0 Å². The number of hydrogen-bond acceptors (Lipinski definition) is 2. The molecule has 0 saturated carbocycles. The van der Waals surface area contributed by atoms with Gasteiger partial charge in [-0.1, -0.05) is 170 Å². The lowest BCUT2D eigenvalue weighted by Gasteiger charge is -2.26. The third kappa shape index (κ3) is 6.38.